The molecule has 31 heavy (non-hydrogen) atoms. The number of amides is 1. The van der Waals surface area contributed by atoms with Crippen LogP contribution in [0.4, 0.5) is 23.1 Å². The van der Waals surface area contributed by atoms with Crippen molar-refractivity contribution in [3.05, 3.63) is 30.0 Å². The van der Waals surface area contributed by atoms with Gasteiger partial charge in [-0.1, -0.05) is 19.8 Å². The van der Waals surface area contributed by atoms with Crippen molar-refractivity contribution >= 4 is 34.8 Å². The quantitative estimate of drug-likeness (QED) is 0.704. The maximum Gasteiger partial charge on any atom is 0.229 e. The van der Waals surface area contributed by atoms with Crippen LogP contribution >= 0.6 is 0 Å². The van der Waals surface area contributed by atoms with Crippen LogP contribution in [0.25, 0.3) is 0 Å². The van der Waals surface area contributed by atoms with E-state index in [2.05, 4.69) is 15.2 Å². The van der Waals surface area contributed by atoms with Crippen LogP contribution < -0.4 is 19.9 Å². The lowest BCUT2D eigenvalue weighted by Gasteiger charge is -2.30. The lowest BCUT2D eigenvalue weighted by molar-refractivity contribution is -0.118. The van der Waals surface area contributed by atoms with Gasteiger partial charge in [0.15, 0.2) is 11.6 Å². The highest BCUT2D eigenvalue weighted by Crippen LogP contribution is 2.37. The van der Waals surface area contributed by atoms with E-state index in [9.17, 15) is 9.59 Å². The number of hydrogen-bond acceptors (Lipinski definition) is 7. The second-order valence-corrected chi connectivity index (χ2v) is 8.05. The molecule has 0 saturated heterocycles. The molecular formula is C23H29N5O3. The highest BCUT2D eigenvalue weighted by molar-refractivity contribution is 5.98. The summed E-state index contributed by atoms with van der Waals surface area (Å²) in [4.78, 5) is 37.9. The molecule has 164 valence electrons. The molecule has 2 heterocycles. The molecule has 1 saturated carbocycles. The molecule has 8 nitrogen and oxygen atoms in total. The van der Waals surface area contributed by atoms with Crippen molar-refractivity contribution < 1.29 is 14.3 Å². The molecular weight excluding hydrogens is 394 g/mol. The molecule has 1 aliphatic carbocycles. The van der Waals surface area contributed by atoms with Crippen molar-refractivity contribution in [1.29, 1.82) is 0 Å². The van der Waals surface area contributed by atoms with Gasteiger partial charge in [-0.15, -0.1) is 0 Å². The first kappa shape index (κ1) is 21.1. The normalized spacial score (nSPS) is 16.8. The van der Waals surface area contributed by atoms with E-state index >= 15 is 0 Å². The second-order valence-electron chi connectivity index (χ2n) is 8.05. The molecule has 0 radical (unpaired) electrons. The molecule has 1 aliphatic heterocycles. The SMILES string of the molecule is CCC(=O)c1ccc(OC)c(Nc2ncc3c(n2)N(C2CCCC2)CCC(=O)N3C)c1. The zero-order chi connectivity index (χ0) is 22.0. The molecule has 1 N–H and O–H groups in total. The molecule has 0 spiro atoms. The molecule has 0 bridgehead atoms. The van der Waals surface area contributed by atoms with Gasteiger partial charge in [0.05, 0.1) is 19.0 Å². The number of nitrogens with zero attached hydrogens (tertiary/aromatic N) is 4. The average molecular weight is 424 g/mol. The molecule has 1 fully saturated rings. The zero-order valence-corrected chi connectivity index (χ0v) is 18.4. The third-order valence-corrected chi connectivity index (χ3v) is 6.18. The first-order valence-corrected chi connectivity index (χ1v) is 10.9. The van der Waals surface area contributed by atoms with Gasteiger partial charge in [-0.05, 0) is 31.0 Å². The van der Waals surface area contributed by atoms with Gasteiger partial charge in [-0.2, -0.15) is 4.98 Å². The standard InChI is InChI=1S/C23H29N5O3/c1-4-19(29)15-9-10-20(31-3)17(13-15)25-23-24-14-18-22(26-23)28(16-7-5-6-8-16)12-11-21(30)27(18)2/h9-10,13-14,16H,4-8,11-12H2,1-3H3,(H,24,25,26). The summed E-state index contributed by atoms with van der Waals surface area (Å²) in [5.74, 6) is 1.91. The van der Waals surface area contributed by atoms with E-state index in [1.807, 2.05) is 6.92 Å². The smallest absolute Gasteiger partial charge is 0.229 e. The Bertz CT molecular complexity index is 987. The molecule has 1 aromatic heterocycles. The first-order valence-electron chi connectivity index (χ1n) is 10.9. The van der Waals surface area contributed by atoms with E-state index in [1.165, 1.54) is 12.8 Å². The Morgan fingerprint density at radius 2 is 2.06 bits per heavy atom. The summed E-state index contributed by atoms with van der Waals surface area (Å²) >= 11 is 0. The van der Waals surface area contributed by atoms with E-state index in [1.54, 1.807) is 43.5 Å². The van der Waals surface area contributed by atoms with Gasteiger partial charge in [0.25, 0.3) is 0 Å². The molecule has 1 amide bonds. The Labute approximate surface area is 182 Å². The molecule has 4 rings (SSSR count). The largest absolute Gasteiger partial charge is 0.495 e. The van der Waals surface area contributed by atoms with Crippen LogP contribution in [0.2, 0.25) is 0 Å². The van der Waals surface area contributed by atoms with E-state index in [-0.39, 0.29) is 11.7 Å². The Kier molecular flexibility index (Phi) is 6.06. The zero-order valence-electron chi connectivity index (χ0n) is 18.4. The number of fused-ring (bicyclic) bond motifs is 1. The van der Waals surface area contributed by atoms with E-state index in [0.29, 0.717) is 48.4 Å². The number of hydrogen-bond donors (Lipinski definition) is 1. The van der Waals surface area contributed by atoms with Crippen LogP contribution in [0.5, 0.6) is 5.75 Å². The Balaban J connectivity index is 1.71. The molecule has 8 heteroatoms. The summed E-state index contributed by atoms with van der Waals surface area (Å²) in [6.07, 6.45) is 7.21. The molecule has 2 aliphatic rings. The van der Waals surface area contributed by atoms with Crippen molar-refractivity contribution in [2.75, 3.05) is 35.8 Å². The summed E-state index contributed by atoms with van der Waals surface area (Å²) in [6, 6.07) is 5.69. The first-order chi connectivity index (χ1) is 15.0. The second kappa shape index (κ2) is 8.91. The molecule has 0 atom stereocenters. The summed E-state index contributed by atoms with van der Waals surface area (Å²) in [5, 5.41) is 3.22. The number of rotatable bonds is 6. The lowest BCUT2D eigenvalue weighted by atomic mass is 10.1. The Morgan fingerprint density at radius 1 is 1.29 bits per heavy atom. The maximum atomic E-state index is 12.5. The number of methoxy groups -OCH3 is 1. The van der Waals surface area contributed by atoms with E-state index in [0.717, 1.165) is 24.3 Å². The minimum absolute atomic E-state index is 0.0566. The van der Waals surface area contributed by atoms with E-state index < -0.39 is 0 Å². The van der Waals surface area contributed by atoms with Crippen molar-refractivity contribution in [2.45, 2.75) is 51.5 Å². The van der Waals surface area contributed by atoms with Gasteiger partial charge in [-0.25, -0.2) is 4.98 Å². The predicted octanol–water partition coefficient (Wildman–Crippen LogP) is 3.94. The van der Waals surface area contributed by atoms with Gasteiger partial charge < -0.3 is 19.9 Å². The van der Waals surface area contributed by atoms with Crippen molar-refractivity contribution in [3.63, 3.8) is 0 Å². The highest BCUT2D eigenvalue weighted by atomic mass is 16.5. The van der Waals surface area contributed by atoms with Crippen LogP contribution in [-0.4, -0.2) is 48.4 Å². The monoisotopic (exact) mass is 423 g/mol. The highest BCUT2D eigenvalue weighted by Gasteiger charge is 2.31. The predicted molar refractivity (Wildman–Crippen MR) is 121 cm³/mol. The number of ether oxygens (including phenoxy) is 1. The van der Waals surface area contributed by atoms with Gasteiger partial charge in [0, 0.05) is 38.0 Å². The summed E-state index contributed by atoms with van der Waals surface area (Å²) in [6.45, 7) is 2.49. The molecule has 0 unspecified atom stereocenters. The van der Waals surface area contributed by atoms with Gasteiger partial charge in [-0.3, -0.25) is 9.59 Å². The molecule has 1 aromatic carbocycles. The Morgan fingerprint density at radius 3 is 2.77 bits per heavy atom. The number of Topliss-reactive ketones (excluding diaryl/α,β-unsaturated/α-hetero) is 1. The van der Waals surface area contributed by atoms with Crippen molar-refractivity contribution in [3.8, 4) is 5.75 Å². The number of anilines is 4. The topological polar surface area (TPSA) is 87.7 Å². The van der Waals surface area contributed by atoms with Crippen LogP contribution in [0.3, 0.4) is 0 Å². The van der Waals surface area contributed by atoms with Gasteiger partial charge >= 0.3 is 0 Å². The number of ketones is 1. The fourth-order valence-electron chi connectivity index (χ4n) is 4.37. The van der Waals surface area contributed by atoms with Gasteiger partial charge in [0.2, 0.25) is 11.9 Å². The number of aromatic nitrogens is 2. The number of carbonyl (C=O) groups excluding carboxylic acids is 2. The number of carbonyl (C=O) groups is 2. The summed E-state index contributed by atoms with van der Waals surface area (Å²) in [7, 11) is 3.36. The number of benzene rings is 1. The average Bonchev–Trinajstić information content (AvgIpc) is 3.29. The van der Waals surface area contributed by atoms with Gasteiger partial charge in [0.1, 0.15) is 11.4 Å². The molecule has 2 aromatic rings. The minimum atomic E-state index is 0.0566. The Hall–Kier alpha value is -3.16. The third-order valence-electron chi connectivity index (χ3n) is 6.18. The number of nitrogens with one attached hydrogen (secondary N) is 1. The summed E-state index contributed by atoms with van der Waals surface area (Å²) < 4.78 is 5.46. The fraction of sp³-hybridized carbons (Fsp3) is 0.478. The lowest BCUT2D eigenvalue weighted by Crippen LogP contribution is -2.34. The van der Waals surface area contributed by atoms with Crippen LogP contribution in [0.1, 0.15) is 55.8 Å². The van der Waals surface area contributed by atoms with Crippen LogP contribution in [0.15, 0.2) is 24.4 Å². The van der Waals surface area contributed by atoms with Crippen LogP contribution in [-0.2, 0) is 4.79 Å². The minimum Gasteiger partial charge on any atom is -0.495 e. The van der Waals surface area contributed by atoms with Crippen molar-refractivity contribution in [1.82, 2.24) is 9.97 Å². The maximum absolute atomic E-state index is 12.5. The van der Waals surface area contributed by atoms with E-state index in [4.69, 9.17) is 9.72 Å². The van der Waals surface area contributed by atoms with Crippen molar-refractivity contribution in [2.24, 2.45) is 0 Å². The summed E-state index contributed by atoms with van der Waals surface area (Å²) in [5.41, 5.74) is 1.97. The third kappa shape index (κ3) is 4.19. The van der Waals surface area contributed by atoms with Crippen LogP contribution in [0, 0.1) is 0 Å². The fourth-order valence-corrected chi connectivity index (χ4v) is 4.37.